The Bertz CT molecular complexity index is 850. The van der Waals surface area contributed by atoms with Gasteiger partial charge in [-0.15, -0.1) is 0 Å². The van der Waals surface area contributed by atoms with Gasteiger partial charge in [-0.2, -0.15) is 5.10 Å². The van der Waals surface area contributed by atoms with Gasteiger partial charge in [-0.25, -0.2) is 4.52 Å². The average Bonchev–Trinajstić information content (AvgIpc) is 2.79. The van der Waals surface area contributed by atoms with E-state index < -0.39 is 0 Å². The minimum absolute atomic E-state index is 0.104. The Morgan fingerprint density at radius 3 is 2.90 bits per heavy atom. The van der Waals surface area contributed by atoms with E-state index >= 15 is 0 Å². The molecule has 102 valence electrons. The van der Waals surface area contributed by atoms with Crippen molar-refractivity contribution in [3.05, 3.63) is 63.3 Å². The number of rotatable bonds is 2. The van der Waals surface area contributed by atoms with E-state index in [-0.39, 0.29) is 5.56 Å². The number of hydrogen-bond acceptors (Lipinski definition) is 3. The number of hydrogen-bond donors (Lipinski definition) is 1. The van der Waals surface area contributed by atoms with Crippen LogP contribution in [0.4, 0.5) is 5.69 Å². The smallest absolute Gasteiger partial charge is 0.276 e. The zero-order valence-electron chi connectivity index (χ0n) is 10.9. The Morgan fingerprint density at radius 1 is 1.30 bits per heavy atom. The summed E-state index contributed by atoms with van der Waals surface area (Å²) in [7, 11) is 0. The summed E-state index contributed by atoms with van der Waals surface area (Å²) in [6.45, 7) is 2.23. The highest BCUT2D eigenvalue weighted by Gasteiger charge is 2.07. The number of nitrogen functional groups attached to an aromatic ring is 1. The molecule has 20 heavy (non-hydrogen) atoms. The van der Waals surface area contributed by atoms with Crippen LogP contribution in [0.25, 0.3) is 5.52 Å². The van der Waals surface area contributed by atoms with Gasteiger partial charge >= 0.3 is 0 Å². The molecule has 0 fully saturated rings. The first-order valence-corrected chi connectivity index (χ1v) is 6.52. The number of aromatic nitrogens is 3. The van der Waals surface area contributed by atoms with Crippen LogP contribution in [0.15, 0.2) is 41.5 Å². The normalized spacial score (nSPS) is 11.1. The number of fused-ring (bicyclic) bond motifs is 1. The molecule has 0 amide bonds. The highest BCUT2D eigenvalue weighted by atomic mass is 35.5. The highest BCUT2D eigenvalue weighted by molar-refractivity contribution is 6.30. The van der Waals surface area contributed by atoms with Crippen LogP contribution in [-0.2, 0) is 6.54 Å². The Hall–Kier alpha value is -2.27. The van der Waals surface area contributed by atoms with E-state index in [0.29, 0.717) is 22.8 Å². The Labute approximate surface area is 120 Å². The third kappa shape index (κ3) is 2.16. The molecule has 2 N–H and O–H groups in total. The molecule has 6 heteroatoms. The van der Waals surface area contributed by atoms with Crippen molar-refractivity contribution in [1.29, 1.82) is 0 Å². The van der Waals surface area contributed by atoms with Crippen LogP contribution in [0, 0.1) is 6.92 Å². The summed E-state index contributed by atoms with van der Waals surface area (Å²) in [4.78, 5) is 12.4. The van der Waals surface area contributed by atoms with Crippen molar-refractivity contribution in [3.8, 4) is 0 Å². The van der Waals surface area contributed by atoms with Crippen LogP contribution in [-0.4, -0.2) is 14.2 Å². The topological polar surface area (TPSA) is 65.3 Å². The van der Waals surface area contributed by atoms with Gasteiger partial charge in [-0.3, -0.25) is 4.79 Å². The lowest BCUT2D eigenvalue weighted by molar-refractivity contribution is 0.743. The maximum Gasteiger partial charge on any atom is 0.276 e. The second-order valence-corrected chi connectivity index (χ2v) is 5.13. The summed E-state index contributed by atoms with van der Waals surface area (Å²) in [5.74, 6) is 0. The molecule has 2 aromatic heterocycles. The molecule has 0 saturated heterocycles. The first-order chi connectivity index (χ1) is 9.54. The Kier molecular flexibility index (Phi) is 2.99. The molecule has 3 rings (SSSR count). The molecule has 0 saturated carbocycles. The largest absolute Gasteiger partial charge is 0.398 e. The molecule has 0 bridgehead atoms. The van der Waals surface area contributed by atoms with Crippen LogP contribution < -0.4 is 11.3 Å². The van der Waals surface area contributed by atoms with Crippen LogP contribution in [0.2, 0.25) is 5.02 Å². The first-order valence-electron chi connectivity index (χ1n) is 6.14. The Morgan fingerprint density at radius 2 is 2.10 bits per heavy atom. The predicted molar refractivity (Wildman–Crippen MR) is 79.2 cm³/mol. The molecule has 0 radical (unpaired) electrons. The van der Waals surface area contributed by atoms with Gasteiger partial charge in [0.2, 0.25) is 0 Å². The van der Waals surface area contributed by atoms with Crippen molar-refractivity contribution in [2.75, 3.05) is 5.73 Å². The third-order valence-corrected chi connectivity index (χ3v) is 3.41. The predicted octanol–water partition coefficient (Wildman–Crippen LogP) is 2.09. The molecule has 3 aromatic rings. The van der Waals surface area contributed by atoms with Gasteiger partial charge in [0.15, 0.2) is 0 Å². The molecular formula is C14H13ClN4O. The van der Waals surface area contributed by atoms with E-state index in [0.717, 1.165) is 11.3 Å². The zero-order valence-corrected chi connectivity index (χ0v) is 11.6. The van der Waals surface area contributed by atoms with Gasteiger partial charge < -0.3 is 10.3 Å². The SMILES string of the molecule is Cc1cc2c(=O)n(Cc3cc(Cl)ccc3N)ccn2n1. The summed E-state index contributed by atoms with van der Waals surface area (Å²) in [5, 5.41) is 4.81. The molecule has 0 aliphatic heterocycles. The summed E-state index contributed by atoms with van der Waals surface area (Å²) in [5.41, 5.74) is 8.60. The molecule has 0 spiro atoms. The van der Waals surface area contributed by atoms with Crippen molar-refractivity contribution in [2.24, 2.45) is 0 Å². The lowest BCUT2D eigenvalue weighted by atomic mass is 10.2. The number of anilines is 1. The van der Waals surface area contributed by atoms with Crippen molar-refractivity contribution in [3.63, 3.8) is 0 Å². The van der Waals surface area contributed by atoms with E-state index in [4.69, 9.17) is 17.3 Å². The van der Waals surface area contributed by atoms with E-state index in [1.807, 2.05) is 6.92 Å². The summed E-state index contributed by atoms with van der Waals surface area (Å²) >= 11 is 5.96. The number of nitrogens with zero attached hydrogens (tertiary/aromatic N) is 3. The Balaban J connectivity index is 2.09. The standard InChI is InChI=1S/C14H13ClN4O/c1-9-6-13-14(20)18(4-5-19(13)17-9)8-10-7-11(15)2-3-12(10)16/h2-7H,8,16H2,1H3. The number of aryl methyl sites for hydroxylation is 1. The molecule has 1 aromatic carbocycles. The lowest BCUT2D eigenvalue weighted by Crippen LogP contribution is -2.22. The third-order valence-electron chi connectivity index (χ3n) is 3.17. The number of halogens is 1. The maximum atomic E-state index is 12.4. The number of nitrogens with two attached hydrogens (primary N) is 1. The van der Waals surface area contributed by atoms with Gasteiger partial charge in [0.1, 0.15) is 5.52 Å². The van der Waals surface area contributed by atoms with Crippen molar-refractivity contribution >= 4 is 22.8 Å². The second kappa shape index (κ2) is 4.68. The van der Waals surface area contributed by atoms with Gasteiger partial charge in [0.25, 0.3) is 5.56 Å². The highest BCUT2D eigenvalue weighted by Crippen LogP contribution is 2.18. The fourth-order valence-corrected chi connectivity index (χ4v) is 2.36. The lowest BCUT2D eigenvalue weighted by Gasteiger charge is -2.09. The summed E-state index contributed by atoms with van der Waals surface area (Å²) in [6, 6.07) is 7.01. The molecular weight excluding hydrogens is 276 g/mol. The molecule has 0 unspecified atom stereocenters. The van der Waals surface area contributed by atoms with Crippen molar-refractivity contribution in [1.82, 2.24) is 14.2 Å². The second-order valence-electron chi connectivity index (χ2n) is 4.69. The van der Waals surface area contributed by atoms with Crippen LogP contribution in [0.1, 0.15) is 11.3 Å². The van der Waals surface area contributed by atoms with Gasteiger partial charge in [-0.1, -0.05) is 11.6 Å². The molecule has 0 atom stereocenters. The fraction of sp³-hybridized carbons (Fsp3) is 0.143. The van der Waals surface area contributed by atoms with Crippen LogP contribution >= 0.6 is 11.6 Å². The summed E-state index contributed by atoms with van der Waals surface area (Å²) in [6.07, 6.45) is 3.45. The van der Waals surface area contributed by atoms with Crippen LogP contribution in [0.3, 0.4) is 0 Å². The molecule has 0 aliphatic rings. The van der Waals surface area contributed by atoms with E-state index in [1.54, 1.807) is 45.7 Å². The van der Waals surface area contributed by atoms with Gasteiger partial charge in [-0.05, 0) is 36.8 Å². The quantitative estimate of drug-likeness (QED) is 0.734. The van der Waals surface area contributed by atoms with E-state index in [9.17, 15) is 4.79 Å². The minimum atomic E-state index is -0.104. The summed E-state index contributed by atoms with van der Waals surface area (Å²) < 4.78 is 3.17. The number of benzene rings is 1. The monoisotopic (exact) mass is 288 g/mol. The van der Waals surface area contributed by atoms with Crippen molar-refractivity contribution in [2.45, 2.75) is 13.5 Å². The fourth-order valence-electron chi connectivity index (χ4n) is 2.17. The van der Waals surface area contributed by atoms with Crippen LogP contribution in [0.5, 0.6) is 0 Å². The molecule has 0 aliphatic carbocycles. The van der Waals surface area contributed by atoms with E-state index in [1.165, 1.54) is 0 Å². The average molecular weight is 289 g/mol. The van der Waals surface area contributed by atoms with Gasteiger partial charge in [0.05, 0.1) is 12.2 Å². The molecule has 2 heterocycles. The van der Waals surface area contributed by atoms with Crippen molar-refractivity contribution < 1.29 is 0 Å². The zero-order chi connectivity index (χ0) is 14.3. The first kappa shape index (κ1) is 12.7. The minimum Gasteiger partial charge on any atom is -0.398 e. The molecule has 5 nitrogen and oxygen atoms in total. The van der Waals surface area contributed by atoms with Gasteiger partial charge in [0, 0.05) is 23.1 Å². The maximum absolute atomic E-state index is 12.4. The van der Waals surface area contributed by atoms with E-state index in [2.05, 4.69) is 5.10 Å².